The molecule has 0 aromatic carbocycles. The number of alkyl halides is 1. The maximum atomic E-state index is 12.1. The highest BCUT2D eigenvalue weighted by Gasteiger charge is 2.42. The first kappa shape index (κ1) is 17.5. The summed E-state index contributed by atoms with van der Waals surface area (Å²) in [6.45, 7) is 4.59. The maximum absolute atomic E-state index is 12.1. The fourth-order valence-corrected chi connectivity index (χ4v) is 3.85. The van der Waals surface area contributed by atoms with Crippen molar-refractivity contribution in [3.8, 4) is 0 Å². The molecule has 2 aliphatic rings. The molecule has 116 valence electrons. The van der Waals surface area contributed by atoms with Gasteiger partial charge in [0.05, 0.1) is 5.33 Å². The number of hydrogen-bond acceptors (Lipinski definition) is 2. The second-order valence-electron chi connectivity index (χ2n) is 5.32. The Hall–Kier alpha value is -0.580. The molecule has 2 rings (SSSR count). The van der Waals surface area contributed by atoms with E-state index in [1.54, 1.807) is 0 Å². The number of nitrogens with zero attached hydrogens (tertiary/aromatic N) is 1. The number of carbonyl (C=O) groups is 2. The highest BCUT2D eigenvalue weighted by Crippen LogP contribution is 2.38. The highest BCUT2D eigenvalue weighted by molar-refractivity contribution is 9.09. The number of amides is 2. The monoisotopic (exact) mass is 346 g/mol. The lowest BCUT2D eigenvalue weighted by Gasteiger charge is -2.30. The molecule has 1 saturated heterocycles. The summed E-state index contributed by atoms with van der Waals surface area (Å²) in [4.78, 5) is 24.6. The minimum atomic E-state index is 0.169. The third-order valence-corrected chi connectivity index (χ3v) is 4.76. The van der Waals surface area contributed by atoms with Crippen molar-refractivity contribution in [1.29, 1.82) is 0 Å². The van der Waals surface area contributed by atoms with E-state index >= 15 is 0 Å². The molecular formula is C15H27BrN2O2. The molecule has 3 atom stereocenters. The molecule has 0 spiro atoms. The Bertz CT molecular complexity index is 312. The smallest absolute Gasteiger partial charge is 0.233 e. The largest absolute Gasteiger partial charge is 0.357 e. The third-order valence-electron chi connectivity index (χ3n) is 4.28. The number of halogens is 1. The number of rotatable bonds is 4. The van der Waals surface area contributed by atoms with E-state index in [4.69, 9.17) is 0 Å². The Labute approximate surface area is 130 Å². The van der Waals surface area contributed by atoms with Crippen LogP contribution in [0, 0.1) is 5.92 Å². The van der Waals surface area contributed by atoms with Gasteiger partial charge in [0.1, 0.15) is 0 Å². The summed E-state index contributed by atoms with van der Waals surface area (Å²) >= 11 is 3.28. The summed E-state index contributed by atoms with van der Waals surface area (Å²) in [5.74, 6) is 0.802. The van der Waals surface area contributed by atoms with Gasteiger partial charge >= 0.3 is 0 Å². The first-order valence-electron chi connectivity index (χ1n) is 7.82. The molecule has 1 N–H and O–H groups in total. The van der Waals surface area contributed by atoms with E-state index in [9.17, 15) is 9.59 Å². The van der Waals surface area contributed by atoms with Gasteiger partial charge < -0.3 is 10.2 Å². The number of fused-ring (bicyclic) bond motifs is 1. The molecule has 2 fully saturated rings. The summed E-state index contributed by atoms with van der Waals surface area (Å²) in [6.07, 6.45) is 7.93. The van der Waals surface area contributed by atoms with Crippen LogP contribution in [0.3, 0.4) is 0 Å². The normalized spacial score (nSPS) is 28.8. The highest BCUT2D eigenvalue weighted by atomic mass is 79.9. The molecule has 0 aromatic rings. The summed E-state index contributed by atoms with van der Waals surface area (Å²) in [6, 6.07) is 0.587. The predicted molar refractivity (Wildman–Crippen MR) is 84.8 cm³/mol. The van der Waals surface area contributed by atoms with E-state index in [1.807, 2.05) is 18.7 Å². The molecule has 1 aliphatic carbocycles. The van der Waals surface area contributed by atoms with Gasteiger partial charge in [-0.05, 0) is 25.2 Å². The maximum Gasteiger partial charge on any atom is 0.233 e. The van der Waals surface area contributed by atoms with Crippen LogP contribution < -0.4 is 5.32 Å². The van der Waals surface area contributed by atoms with Crippen LogP contribution in [0.2, 0.25) is 0 Å². The molecule has 0 radical (unpaired) electrons. The number of nitrogens with one attached hydrogen (secondary N) is 1. The SMILES string of the molecule is CC.O=CNC[C@H]1C[C@@H]2CCCCC[C@H]2N1C(=O)CBr. The van der Waals surface area contributed by atoms with Crippen molar-refractivity contribution < 1.29 is 9.59 Å². The zero-order valence-electron chi connectivity index (χ0n) is 12.6. The van der Waals surface area contributed by atoms with Crippen molar-refractivity contribution >= 4 is 28.2 Å². The van der Waals surface area contributed by atoms with Crippen molar-refractivity contribution in [3.05, 3.63) is 0 Å². The lowest BCUT2D eigenvalue weighted by atomic mass is 9.94. The average Bonchev–Trinajstić information content (AvgIpc) is 2.67. The van der Waals surface area contributed by atoms with Gasteiger partial charge in [-0.2, -0.15) is 0 Å². The van der Waals surface area contributed by atoms with Crippen LogP contribution in [-0.2, 0) is 9.59 Å². The van der Waals surface area contributed by atoms with Crippen molar-refractivity contribution in [2.75, 3.05) is 11.9 Å². The zero-order valence-corrected chi connectivity index (χ0v) is 14.2. The molecule has 4 nitrogen and oxygen atoms in total. The first-order chi connectivity index (χ1) is 9.77. The van der Waals surface area contributed by atoms with E-state index in [2.05, 4.69) is 21.2 Å². The Morgan fingerprint density at radius 3 is 2.65 bits per heavy atom. The Balaban J connectivity index is 0.000000956. The molecule has 0 unspecified atom stereocenters. The van der Waals surface area contributed by atoms with Crippen molar-refractivity contribution in [1.82, 2.24) is 10.2 Å². The van der Waals surface area contributed by atoms with Crippen LogP contribution in [-0.4, -0.2) is 41.2 Å². The average molecular weight is 347 g/mol. The van der Waals surface area contributed by atoms with Crippen molar-refractivity contribution in [2.24, 2.45) is 5.92 Å². The Morgan fingerprint density at radius 1 is 1.30 bits per heavy atom. The van der Waals surface area contributed by atoms with Gasteiger partial charge in [0.15, 0.2) is 0 Å². The molecular weight excluding hydrogens is 320 g/mol. The Kier molecular flexibility index (Phi) is 8.19. The fourth-order valence-electron chi connectivity index (χ4n) is 3.56. The van der Waals surface area contributed by atoms with E-state index < -0.39 is 0 Å². The van der Waals surface area contributed by atoms with Crippen LogP contribution in [0.5, 0.6) is 0 Å². The van der Waals surface area contributed by atoms with E-state index in [0.29, 0.717) is 23.8 Å². The number of hydrogen-bond donors (Lipinski definition) is 1. The fraction of sp³-hybridized carbons (Fsp3) is 0.867. The quantitative estimate of drug-likeness (QED) is 0.628. The molecule has 20 heavy (non-hydrogen) atoms. The van der Waals surface area contributed by atoms with E-state index in [0.717, 1.165) is 19.3 Å². The van der Waals surface area contributed by atoms with Gasteiger partial charge in [-0.25, -0.2) is 0 Å². The number of carbonyl (C=O) groups excluding carboxylic acids is 2. The summed E-state index contributed by atoms with van der Waals surface area (Å²) in [5, 5.41) is 3.12. The standard InChI is InChI=1S/C13H21BrN2O2.C2H6/c14-7-13(18)16-11(8-15-9-17)6-10-4-2-1-3-5-12(10)16;1-2/h9-12H,1-8H2,(H,15,17);1-2H3/t10-,11+,12+;/m0./s1. The summed E-state index contributed by atoms with van der Waals surface area (Å²) < 4.78 is 0. The van der Waals surface area contributed by atoms with Gasteiger partial charge in [0, 0.05) is 18.6 Å². The van der Waals surface area contributed by atoms with Gasteiger partial charge in [-0.3, -0.25) is 9.59 Å². The first-order valence-corrected chi connectivity index (χ1v) is 8.94. The van der Waals surface area contributed by atoms with Crippen molar-refractivity contribution in [2.45, 2.75) is 64.5 Å². The zero-order chi connectivity index (χ0) is 15.0. The molecule has 1 heterocycles. The van der Waals surface area contributed by atoms with E-state index in [-0.39, 0.29) is 11.9 Å². The van der Waals surface area contributed by atoms with Gasteiger partial charge in [-0.1, -0.05) is 49.0 Å². The molecule has 5 heteroatoms. The second kappa shape index (κ2) is 9.37. The van der Waals surface area contributed by atoms with Gasteiger partial charge in [-0.15, -0.1) is 0 Å². The molecule has 1 aliphatic heterocycles. The van der Waals surface area contributed by atoms with Crippen LogP contribution in [0.4, 0.5) is 0 Å². The number of likely N-dealkylation sites (tertiary alicyclic amines) is 1. The predicted octanol–water partition coefficient (Wildman–Crippen LogP) is 2.70. The minimum Gasteiger partial charge on any atom is -0.357 e. The van der Waals surface area contributed by atoms with Crippen LogP contribution in [0.15, 0.2) is 0 Å². The van der Waals surface area contributed by atoms with E-state index in [1.165, 1.54) is 25.7 Å². The summed E-state index contributed by atoms with van der Waals surface area (Å²) in [7, 11) is 0. The topological polar surface area (TPSA) is 49.4 Å². The molecule has 0 aromatic heterocycles. The lowest BCUT2D eigenvalue weighted by molar-refractivity contribution is -0.131. The van der Waals surface area contributed by atoms with Crippen LogP contribution in [0.25, 0.3) is 0 Å². The second-order valence-corrected chi connectivity index (χ2v) is 5.88. The molecule has 0 bridgehead atoms. The molecule has 1 saturated carbocycles. The van der Waals surface area contributed by atoms with Crippen LogP contribution >= 0.6 is 15.9 Å². The van der Waals surface area contributed by atoms with Crippen LogP contribution in [0.1, 0.15) is 52.4 Å². The van der Waals surface area contributed by atoms with Crippen molar-refractivity contribution in [3.63, 3.8) is 0 Å². The van der Waals surface area contributed by atoms with Gasteiger partial charge in [0.25, 0.3) is 0 Å². The lowest BCUT2D eigenvalue weighted by Crippen LogP contribution is -2.46. The third kappa shape index (κ3) is 4.21. The summed E-state index contributed by atoms with van der Waals surface area (Å²) in [5.41, 5.74) is 0. The Morgan fingerprint density at radius 2 is 2.00 bits per heavy atom. The molecule has 2 amide bonds. The minimum absolute atomic E-state index is 0.169. The van der Waals surface area contributed by atoms with Gasteiger partial charge in [0.2, 0.25) is 12.3 Å².